The molecule has 1 aromatic carbocycles. The van der Waals surface area contributed by atoms with Crippen LogP contribution in [0.4, 0.5) is 0 Å². The lowest BCUT2D eigenvalue weighted by atomic mass is 10.1. The molecular formula is C15H20N2O. The molecular weight excluding hydrogens is 224 g/mol. The Morgan fingerprint density at radius 1 is 1.39 bits per heavy atom. The van der Waals surface area contributed by atoms with Crippen LogP contribution in [-0.4, -0.2) is 25.5 Å². The van der Waals surface area contributed by atoms with Gasteiger partial charge in [-0.1, -0.05) is 29.8 Å². The average molecular weight is 244 g/mol. The van der Waals surface area contributed by atoms with Crippen molar-refractivity contribution in [2.24, 2.45) is 0 Å². The molecule has 0 spiro atoms. The molecule has 2 N–H and O–H groups in total. The first kappa shape index (κ1) is 12.8. The van der Waals surface area contributed by atoms with E-state index in [-0.39, 0.29) is 5.91 Å². The van der Waals surface area contributed by atoms with Gasteiger partial charge >= 0.3 is 0 Å². The Morgan fingerprint density at radius 3 is 2.94 bits per heavy atom. The van der Waals surface area contributed by atoms with Crippen molar-refractivity contribution in [1.29, 1.82) is 0 Å². The van der Waals surface area contributed by atoms with Gasteiger partial charge in [-0.2, -0.15) is 0 Å². The highest BCUT2D eigenvalue weighted by atomic mass is 16.1. The van der Waals surface area contributed by atoms with Gasteiger partial charge in [0.25, 0.3) is 5.91 Å². The molecule has 0 saturated heterocycles. The molecule has 3 nitrogen and oxygen atoms in total. The van der Waals surface area contributed by atoms with Gasteiger partial charge in [0, 0.05) is 18.7 Å². The lowest BCUT2D eigenvalue weighted by molar-refractivity contribution is 0.0953. The van der Waals surface area contributed by atoms with Crippen molar-refractivity contribution < 1.29 is 4.79 Å². The lowest BCUT2D eigenvalue weighted by Gasteiger charge is -2.14. The normalized spacial score (nSPS) is 15.1. The summed E-state index contributed by atoms with van der Waals surface area (Å²) in [5.41, 5.74) is 3.24. The smallest absolute Gasteiger partial charge is 0.251 e. The molecule has 0 fully saturated rings. The number of benzene rings is 1. The first-order valence-corrected chi connectivity index (χ1v) is 6.50. The number of hydrogen-bond acceptors (Lipinski definition) is 2. The second-order valence-corrected chi connectivity index (χ2v) is 4.64. The van der Waals surface area contributed by atoms with Crippen LogP contribution in [0.3, 0.4) is 0 Å². The zero-order chi connectivity index (χ0) is 12.8. The molecule has 1 aliphatic rings. The maximum absolute atomic E-state index is 12.0. The summed E-state index contributed by atoms with van der Waals surface area (Å²) in [6.45, 7) is 4.70. The highest BCUT2D eigenvalue weighted by Gasteiger charge is 2.08. The molecule has 0 atom stereocenters. The fourth-order valence-corrected chi connectivity index (χ4v) is 2.16. The van der Waals surface area contributed by atoms with E-state index in [2.05, 4.69) is 16.7 Å². The third-order valence-electron chi connectivity index (χ3n) is 3.28. The Balaban J connectivity index is 1.82. The third kappa shape index (κ3) is 3.44. The summed E-state index contributed by atoms with van der Waals surface area (Å²) in [7, 11) is 0. The molecule has 1 heterocycles. The standard InChI is InChI=1S/C15H20N2O/c1-12-4-2-3-5-14(12)15(18)17-11-8-13-6-9-16-10-7-13/h2-6,16H,7-11H2,1H3,(H,17,18). The van der Waals surface area contributed by atoms with Gasteiger partial charge in [-0.3, -0.25) is 4.79 Å². The Labute approximate surface area is 108 Å². The van der Waals surface area contributed by atoms with Gasteiger partial charge in [0.05, 0.1) is 0 Å². The topological polar surface area (TPSA) is 41.1 Å². The van der Waals surface area contributed by atoms with Gasteiger partial charge in [0.1, 0.15) is 0 Å². The SMILES string of the molecule is Cc1ccccc1C(=O)NCCC1=CCNCC1. The van der Waals surface area contributed by atoms with Crippen molar-refractivity contribution in [3.8, 4) is 0 Å². The predicted molar refractivity (Wildman–Crippen MR) is 73.7 cm³/mol. The van der Waals surface area contributed by atoms with Crippen LogP contribution in [0.15, 0.2) is 35.9 Å². The highest BCUT2D eigenvalue weighted by molar-refractivity contribution is 5.95. The van der Waals surface area contributed by atoms with Gasteiger partial charge in [-0.25, -0.2) is 0 Å². The van der Waals surface area contributed by atoms with Crippen LogP contribution < -0.4 is 10.6 Å². The molecule has 1 aliphatic heterocycles. The second kappa shape index (κ2) is 6.36. The first-order chi connectivity index (χ1) is 8.77. The van der Waals surface area contributed by atoms with Gasteiger partial charge in [-0.05, 0) is 37.9 Å². The molecule has 3 heteroatoms. The van der Waals surface area contributed by atoms with Gasteiger partial charge in [-0.15, -0.1) is 0 Å². The van der Waals surface area contributed by atoms with E-state index in [4.69, 9.17) is 0 Å². The number of nitrogens with one attached hydrogen (secondary N) is 2. The van der Waals surface area contributed by atoms with E-state index in [1.165, 1.54) is 5.57 Å². The summed E-state index contributed by atoms with van der Waals surface area (Å²) in [4.78, 5) is 12.0. The quantitative estimate of drug-likeness (QED) is 0.796. The maximum Gasteiger partial charge on any atom is 0.251 e. The van der Waals surface area contributed by atoms with E-state index in [9.17, 15) is 4.79 Å². The van der Waals surface area contributed by atoms with Crippen LogP contribution in [0, 0.1) is 6.92 Å². The summed E-state index contributed by atoms with van der Waals surface area (Å²) in [6, 6.07) is 7.68. The summed E-state index contributed by atoms with van der Waals surface area (Å²) < 4.78 is 0. The highest BCUT2D eigenvalue weighted by Crippen LogP contribution is 2.09. The number of hydrogen-bond donors (Lipinski definition) is 2. The van der Waals surface area contributed by atoms with Crippen LogP contribution in [0.2, 0.25) is 0 Å². The molecule has 0 aromatic heterocycles. The minimum absolute atomic E-state index is 0.0302. The minimum Gasteiger partial charge on any atom is -0.352 e. The maximum atomic E-state index is 12.0. The molecule has 18 heavy (non-hydrogen) atoms. The fourth-order valence-electron chi connectivity index (χ4n) is 2.16. The van der Waals surface area contributed by atoms with E-state index < -0.39 is 0 Å². The molecule has 0 unspecified atom stereocenters. The molecule has 2 rings (SSSR count). The van der Waals surface area contributed by atoms with Gasteiger partial charge < -0.3 is 10.6 Å². The molecule has 96 valence electrons. The molecule has 1 amide bonds. The largest absolute Gasteiger partial charge is 0.352 e. The molecule has 1 aromatic rings. The molecule has 0 saturated carbocycles. The summed E-state index contributed by atoms with van der Waals surface area (Å²) in [5, 5.41) is 6.27. The van der Waals surface area contributed by atoms with Gasteiger partial charge in [0.2, 0.25) is 0 Å². The van der Waals surface area contributed by atoms with E-state index >= 15 is 0 Å². The molecule has 0 aliphatic carbocycles. The van der Waals surface area contributed by atoms with E-state index in [1.807, 2.05) is 31.2 Å². The van der Waals surface area contributed by atoms with Crippen LogP contribution in [0.1, 0.15) is 28.8 Å². The molecule has 0 bridgehead atoms. The number of aryl methyl sites for hydroxylation is 1. The predicted octanol–water partition coefficient (Wildman–Crippen LogP) is 2.03. The van der Waals surface area contributed by atoms with Crippen LogP contribution in [0.5, 0.6) is 0 Å². The Morgan fingerprint density at radius 2 is 2.22 bits per heavy atom. The van der Waals surface area contributed by atoms with Gasteiger partial charge in [0.15, 0.2) is 0 Å². The number of carbonyl (C=O) groups is 1. The Kier molecular flexibility index (Phi) is 4.53. The summed E-state index contributed by atoms with van der Waals surface area (Å²) in [6.07, 6.45) is 4.28. The van der Waals surface area contributed by atoms with Crippen molar-refractivity contribution in [2.75, 3.05) is 19.6 Å². The van der Waals surface area contributed by atoms with E-state index in [1.54, 1.807) is 0 Å². The Hall–Kier alpha value is -1.61. The minimum atomic E-state index is 0.0302. The van der Waals surface area contributed by atoms with Crippen molar-refractivity contribution in [1.82, 2.24) is 10.6 Å². The number of amides is 1. The zero-order valence-corrected chi connectivity index (χ0v) is 10.8. The van der Waals surface area contributed by atoms with Crippen LogP contribution in [-0.2, 0) is 0 Å². The lowest BCUT2D eigenvalue weighted by Crippen LogP contribution is -2.27. The summed E-state index contributed by atoms with van der Waals surface area (Å²) >= 11 is 0. The van der Waals surface area contributed by atoms with E-state index in [0.717, 1.165) is 43.6 Å². The second-order valence-electron chi connectivity index (χ2n) is 4.64. The first-order valence-electron chi connectivity index (χ1n) is 6.50. The van der Waals surface area contributed by atoms with Crippen molar-refractivity contribution in [2.45, 2.75) is 19.8 Å². The summed E-state index contributed by atoms with van der Waals surface area (Å²) in [5.74, 6) is 0.0302. The number of carbonyl (C=O) groups excluding carboxylic acids is 1. The zero-order valence-electron chi connectivity index (χ0n) is 10.8. The fraction of sp³-hybridized carbons (Fsp3) is 0.400. The van der Waals surface area contributed by atoms with Crippen molar-refractivity contribution >= 4 is 5.91 Å². The van der Waals surface area contributed by atoms with Crippen molar-refractivity contribution in [3.63, 3.8) is 0 Å². The van der Waals surface area contributed by atoms with Crippen LogP contribution >= 0.6 is 0 Å². The monoisotopic (exact) mass is 244 g/mol. The Bertz CT molecular complexity index is 452. The van der Waals surface area contributed by atoms with Crippen molar-refractivity contribution in [3.05, 3.63) is 47.0 Å². The van der Waals surface area contributed by atoms with E-state index in [0.29, 0.717) is 0 Å². The third-order valence-corrected chi connectivity index (χ3v) is 3.28. The number of rotatable bonds is 4. The van der Waals surface area contributed by atoms with Crippen LogP contribution in [0.25, 0.3) is 0 Å². The average Bonchev–Trinajstić information content (AvgIpc) is 2.40. The molecule has 0 radical (unpaired) electrons.